The molecule has 0 spiro atoms. The molecule has 5 rings (SSSR count). The maximum atomic E-state index is 9.57. The maximum absolute atomic E-state index is 9.57. The van der Waals surface area contributed by atoms with Gasteiger partial charge in [0.1, 0.15) is 12.0 Å². The Labute approximate surface area is 204 Å². The first-order valence-corrected chi connectivity index (χ1v) is 11.0. The molecule has 2 aromatic heterocycles. The van der Waals surface area contributed by atoms with Crippen LogP contribution in [0.15, 0.2) is 54.7 Å². The van der Waals surface area contributed by atoms with Gasteiger partial charge in [0.2, 0.25) is 0 Å². The first-order chi connectivity index (χ1) is 17.1. The molecule has 1 fully saturated rings. The Balaban J connectivity index is 0.000000188. The summed E-state index contributed by atoms with van der Waals surface area (Å²) in [5.41, 5.74) is 2.04. The van der Waals surface area contributed by atoms with E-state index in [4.69, 9.17) is 14.2 Å². The first-order valence-electron chi connectivity index (χ1n) is 11.0. The van der Waals surface area contributed by atoms with Crippen molar-refractivity contribution in [2.75, 3.05) is 39.0 Å². The van der Waals surface area contributed by atoms with E-state index < -0.39 is 0 Å². The topological polar surface area (TPSA) is 123 Å². The monoisotopic (exact) mass is 478 g/mol. The van der Waals surface area contributed by atoms with Crippen LogP contribution in [-0.2, 0) is 4.79 Å². The molecule has 0 atom stereocenters. The number of hydrogen-bond donors (Lipinski definition) is 3. The molecule has 0 unspecified atom stereocenters. The maximum Gasteiger partial charge on any atom is 0.318 e. The Kier molecular flexibility index (Phi) is 9.23. The van der Waals surface area contributed by atoms with Gasteiger partial charge in [-0.25, -0.2) is 0 Å². The van der Waals surface area contributed by atoms with Crippen LogP contribution in [0.1, 0.15) is 12.8 Å². The van der Waals surface area contributed by atoms with Crippen molar-refractivity contribution in [1.82, 2.24) is 20.2 Å². The highest BCUT2D eigenvalue weighted by Crippen LogP contribution is 2.29. The number of fused-ring (bicyclic) bond motifs is 1. The molecule has 184 valence electrons. The van der Waals surface area contributed by atoms with Crippen molar-refractivity contribution in [2.24, 2.45) is 5.92 Å². The van der Waals surface area contributed by atoms with Crippen molar-refractivity contribution < 1.29 is 19.0 Å². The number of H-pyrrole nitrogens is 1. The Morgan fingerprint density at radius 2 is 1.71 bits per heavy atom. The zero-order chi connectivity index (χ0) is 25.0. The minimum absolute atomic E-state index is 0.258. The van der Waals surface area contributed by atoms with Gasteiger partial charge in [-0.1, -0.05) is 12.1 Å². The molecule has 2 heterocycles. The fraction of sp³-hybridized carbons (Fsp3) is 0.280. The Hall–Kier alpha value is -4.34. The first kappa shape index (κ1) is 25.3. The highest BCUT2D eigenvalue weighted by molar-refractivity contribution is 5.91. The molecule has 0 aliphatic heterocycles. The van der Waals surface area contributed by atoms with E-state index in [2.05, 4.69) is 30.8 Å². The summed E-state index contributed by atoms with van der Waals surface area (Å²) < 4.78 is 15.2. The molecule has 0 bridgehead atoms. The van der Waals surface area contributed by atoms with Crippen LogP contribution < -0.4 is 24.8 Å². The average Bonchev–Trinajstić information content (AvgIpc) is 3.69. The number of nitrogens with zero attached hydrogens (tertiary/aromatic N) is 3. The molecule has 35 heavy (non-hydrogen) atoms. The standard InChI is InChI=1S/C13H13N5O2.C8H11NO.C4H6O/c1-19-10-7-14-13(20-2)16-12(10)15-11-8-5-3-4-6-9(8)17-18-11;1-9-7-3-5-8(10-2)6-4-7;5-3-4-1-2-4/h3-7H,1-2H3,(H2,14,15,16,17,18);3-6,9H,1-2H3;3-4H,1-2H2. The molecule has 2 aromatic carbocycles. The molecule has 10 nitrogen and oxygen atoms in total. The highest BCUT2D eigenvalue weighted by atomic mass is 16.5. The van der Waals surface area contributed by atoms with Crippen LogP contribution in [0.25, 0.3) is 10.9 Å². The zero-order valence-corrected chi connectivity index (χ0v) is 20.2. The Morgan fingerprint density at radius 3 is 2.29 bits per heavy atom. The Bertz CT molecular complexity index is 1190. The lowest BCUT2D eigenvalue weighted by atomic mass is 10.2. The van der Waals surface area contributed by atoms with E-state index in [1.54, 1.807) is 20.4 Å². The molecule has 0 amide bonds. The van der Waals surface area contributed by atoms with Crippen LogP contribution in [0.3, 0.4) is 0 Å². The minimum atomic E-state index is 0.258. The summed E-state index contributed by atoms with van der Waals surface area (Å²) in [5.74, 6) is 3.02. The second-order valence-corrected chi connectivity index (χ2v) is 7.47. The van der Waals surface area contributed by atoms with Gasteiger partial charge in [-0.3, -0.25) is 5.10 Å². The number of para-hydroxylation sites is 1. The van der Waals surface area contributed by atoms with Crippen LogP contribution >= 0.6 is 0 Å². The fourth-order valence-electron chi connectivity index (χ4n) is 2.85. The summed E-state index contributed by atoms with van der Waals surface area (Å²) in [6.07, 6.45) is 4.86. The number of carbonyl (C=O) groups excluding carboxylic acids is 1. The van der Waals surface area contributed by atoms with Crippen molar-refractivity contribution in [1.29, 1.82) is 0 Å². The summed E-state index contributed by atoms with van der Waals surface area (Å²) in [6, 6.07) is 15.8. The third kappa shape index (κ3) is 7.32. The second kappa shape index (κ2) is 12.8. The molecular weight excluding hydrogens is 448 g/mol. The predicted molar refractivity (Wildman–Crippen MR) is 136 cm³/mol. The van der Waals surface area contributed by atoms with E-state index in [-0.39, 0.29) is 6.01 Å². The number of aldehydes is 1. The molecule has 1 aliphatic carbocycles. The lowest BCUT2D eigenvalue weighted by Crippen LogP contribution is -2.01. The van der Waals surface area contributed by atoms with Crippen molar-refractivity contribution in [3.05, 3.63) is 54.7 Å². The summed E-state index contributed by atoms with van der Waals surface area (Å²) in [5, 5.41) is 14.3. The van der Waals surface area contributed by atoms with Gasteiger partial charge in [0.25, 0.3) is 0 Å². The van der Waals surface area contributed by atoms with E-state index in [9.17, 15) is 4.79 Å². The third-order valence-corrected chi connectivity index (χ3v) is 5.04. The van der Waals surface area contributed by atoms with E-state index in [1.807, 2.05) is 55.6 Å². The summed E-state index contributed by atoms with van der Waals surface area (Å²) >= 11 is 0. The van der Waals surface area contributed by atoms with Gasteiger partial charge < -0.3 is 29.6 Å². The average molecular weight is 479 g/mol. The van der Waals surface area contributed by atoms with Crippen LogP contribution in [-0.4, -0.2) is 54.8 Å². The lowest BCUT2D eigenvalue weighted by Gasteiger charge is -2.09. The fourth-order valence-corrected chi connectivity index (χ4v) is 2.85. The molecule has 0 radical (unpaired) electrons. The number of aromatic nitrogens is 4. The number of benzene rings is 2. The summed E-state index contributed by atoms with van der Waals surface area (Å²) in [7, 11) is 6.62. The lowest BCUT2D eigenvalue weighted by molar-refractivity contribution is -0.108. The van der Waals surface area contributed by atoms with Crippen molar-refractivity contribution in [3.8, 4) is 17.5 Å². The van der Waals surface area contributed by atoms with Crippen LogP contribution in [0.5, 0.6) is 17.5 Å². The smallest absolute Gasteiger partial charge is 0.318 e. The second-order valence-electron chi connectivity index (χ2n) is 7.47. The highest BCUT2D eigenvalue weighted by Gasteiger charge is 2.19. The summed E-state index contributed by atoms with van der Waals surface area (Å²) in [6.45, 7) is 0. The number of rotatable bonds is 7. The number of methoxy groups -OCH3 is 3. The third-order valence-electron chi connectivity index (χ3n) is 5.04. The normalized spacial score (nSPS) is 11.8. The van der Waals surface area contributed by atoms with Crippen LogP contribution in [0.4, 0.5) is 17.3 Å². The molecule has 1 saturated carbocycles. The number of aromatic amines is 1. The predicted octanol–water partition coefficient (Wildman–Crippen LogP) is 4.45. The van der Waals surface area contributed by atoms with E-state index in [0.717, 1.165) is 41.5 Å². The number of nitrogens with one attached hydrogen (secondary N) is 3. The number of hydrogen-bond acceptors (Lipinski definition) is 9. The van der Waals surface area contributed by atoms with Crippen molar-refractivity contribution >= 4 is 34.5 Å². The zero-order valence-electron chi connectivity index (χ0n) is 20.2. The van der Waals surface area contributed by atoms with Gasteiger partial charge in [-0.15, -0.1) is 0 Å². The molecule has 0 saturated heterocycles. The largest absolute Gasteiger partial charge is 0.497 e. The number of anilines is 3. The van der Waals surface area contributed by atoms with E-state index >= 15 is 0 Å². The molecule has 10 heteroatoms. The minimum Gasteiger partial charge on any atom is -0.497 e. The van der Waals surface area contributed by atoms with Gasteiger partial charge in [0.05, 0.1) is 33.0 Å². The molecule has 1 aliphatic rings. The van der Waals surface area contributed by atoms with Crippen LogP contribution in [0, 0.1) is 5.92 Å². The molecular formula is C25H30N6O4. The Morgan fingerprint density at radius 1 is 0.971 bits per heavy atom. The molecule has 4 aromatic rings. The van der Waals surface area contributed by atoms with Crippen molar-refractivity contribution in [3.63, 3.8) is 0 Å². The summed E-state index contributed by atoms with van der Waals surface area (Å²) in [4.78, 5) is 17.8. The van der Waals surface area contributed by atoms with E-state index in [0.29, 0.717) is 23.3 Å². The number of carbonyl (C=O) groups is 1. The van der Waals surface area contributed by atoms with E-state index in [1.165, 1.54) is 7.11 Å². The van der Waals surface area contributed by atoms with Gasteiger partial charge in [-0.2, -0.15) is 15.1 Å². The van der Waals surface area contributed by atoms with Gasteiger partial charge in [-0.05, 0) is 49.2 Å². The van der Waals surface area contributed by atoms with Gasteiger partial charge in [0.15, 0.2) is 17.4 Å². The SMILES string of the molecule is CNc1ccc(OC)cc1.COc1ncc(OC)c(Nc2n[nH]c3ccccc23)n1.O=CC1CC1. The molecule has 3 N–H and O–H groups in total. The number of ether oxygens (including phenoxy) is 3. The van der Waals surface area contributed by atoms with Gasteiger partial charge >= 0.3 is 6.01 Å². The quantitative estimate of drug-likeness (QED) is 0.331. The van der Waals surface area contributed by atoms with Crippen molar-refractivity contribution in [2.45, 2.75) is 12.8 Å². The van der Waals surface area contributed by atoms with Gasteiger partial charge in [0, 0.05) is 24.0 Å². The van der Waals surface area contributed by atoms with Crippen LogP contribution in [0.2, 0.25) is 0 Å².